The molecule has 0 fully saturated rings. The highest BCUT2D eigenvalue weighted by molar-refractivity contribution is 6.82. The van der Waals surface area contributed by atoms with Crippen molar-refractivity contribution in [3.8, 4) is 0 Å². The topological polar surface area (TPSA) is 85.2 Å². The van der Waals surface area contributed by atoms with Crippen LogP contribution >= 0.6 is 0 Å². The van der Waals surface area contributed by atoms with Gasteiger partial charge in [-0.3, -0.25) is 0 Å². The van der Waals surface area contributed by atoms with E-state index in [-0.39, 0.29) is 12.0 Å². The van der Waals surface area contributed by atoms with Crippen LogP contribution in [0.2, 0.25) is 44.3 Å². The van der Waals surface area contributed by atoms with Gasteiger partial charge in [0.15, 0.2) is 16.6 Å². The molecule has 6 nitrogen and oxygen atoms in total. The molecule has 0 saturated carbocycles. The Balaban J connectivity index is 5.93. The molecule has 2 N–H and O–H groups in total. The van der Waals surface area contributed by atoms with Crippen LogP contribution in [0.4, 0.5) is 0 Å². The summed E-state index contributed by atoms with van der Waals surface area (Å²) >= 11 is 0. The highest BCUT2D eigenvalue weighted by Gasteiger charge is 2.48. The van der Waals surface area contributed by atoms with Gasteiger partial charge >= 0.3 is 15.3 Å². The van der Waals surface area contributed by atoms with Crippen molar-refractivity contribution < 1.29 is 28.0 Å². The summed E-state index contributed by atoms with van der Waals surface area (Å²) in [5, 5.41) is 18.6. The summed E-state index contributed by atoms with van der Waals surface area (Å²) in [7, 11) is -6.43. The summed E-state index contributed by atoms with van der Waals surface area (Å²) in [5.41, 5.74) is 0.256. The summed E-state index contributed by atoms with van der Waals surface area (Å²) in [6.07, 6.45) is -0.122. The summed E-state index contributed by atoms with van der Waals surface area (Å²) in [6.45, 7) is 20.1. The van der Waals surface area contributed by atoms with Gasteiger partial charge in [-0.2, -0.15) is 0 Å². The second-order valence-corrected chi connectivity index (χ2v) is 21.1. The molecule has 0 aliphatic heterocycles. The third-order valence-corrected chi connectivity index (χ3v) is 12.7. The number of carbonyl (C=O) groups excluding carboxylic acids is 1. The number of aliphatic hydroxyl groups is 2. The normalized spacial score (nSPS) is 16.3. The minimum atomic E-state index is -2.48. The zero-order chi connectivity index (χ0) is 20.8. The summed E-state index contributed by atoms with van der Waals surface area (Å²) < 4.78 is 18.1. The highest BCUT2D eigenvalue weighted by atomic mass is 28.4. The average molecular weight is 423 g/mol. The number of carbonyl (C=O) groups is 1. The Kier molecular flexibility index (Phi) is 10.2. The van der Waals surface area contributed by atoms with E-state index in [1.54, 1.807) is 0 Å². The van der Waals surface area contributed by atoms with Crippen molar-refractivity contribution >= 4 is 31.9 Å². The summed E-state index contributed by atoms with van der Waals surface area (Å²) in [6, 6.07) is 0. The van der Waals surface area contributed by atoms with E-state index in [9.17, 15) is 15.0 Å². The quantitative estimate of drug-likeness (QED) is 0.286. The SMILES string of the molecule is C=C(C(=O)OCCC)C(C)(CC(O)CO)[SiH](O[Si](C)(C)C)O[Si](C)(C)C. The van der Waals surface area contributed by atoms with Gasteiger partial charge in [-0.05, 0) is 52.1 Å². The zero-order valence-electron chi connectivity index (χ0n) is 17.7. The Labute approximate surface area is 162 Å². The Hall–Kier alpha value is -0.299. The largest absolute Gasteiger partial charge is 0.462 e. The third-order valence-electron chi connectivity index (χ3n) is 3.68. The first-order valence-corrected chi connectivity index (χ1v) is 17.5. The van der Waals surface area contributed by atoms with Crippen LogP contribution in [0.3, 0.4) is 0 Å². The van der Waals surface area contributed by atoms with Gasteiger partial charge in [-0.1, -0.05) is 20.4 Å². The van der Waals surface area contributed by atoms with Gasteiger partial charge in [-0.15, -0.1) is 0 Å². The molecule has 0 aliphatic carbocycles. The third kappa shape index (κ3) is 9.07. The maximum absolute atomic E-state index is 12.5. The van der Waals surface area contributed by atoms with Crippen LogP contribution < -0.4 is 0 Å². The first-order valence-electron chi connectivity index (χ1n) is 9.17. The van der Waals surface area contributed by atoms with E-state index in [1.807, 2.05) is 13.8 Å². The molecule has 154 valence electrons. The first-order chi connectivity index (χ1) is 11.7. The molecule has 0 bridgehead atoms. The molecule has 0 radical (unpaired) electrons. The highest BCUT2D eigenvalue weighted by Crippen LogP contribution is 2.45. The lowest BCUT2D eigenvalue weighted by atomic mass is 9.94. The maximum atomic E-state index is 12.5. The molecule has 0 aliphatic rings. The van der Waals surface area contributed by atoms with Gasteiger partial charge in [0.05, 0.1) is 19.3 Å². The van der Waals surface area contributed by atoms with Crippen LogP contribution in [0, 0.1) is 0 Å². The van der Waals surface area contributed by atoms with Gasteiger partial charge in [0.25, 0.3) is 0 Å². The monoisotopic (exact) mass is 422 g/mol. The lowest BCUT2D eigenvalue weighted by molar-refractivity contribution is -0.139. The van der Waals surface area contributed by atoms with Gasteiger partial charge in [-0.25, -0.2) is 4.79 Å². The molecule has 26 heavy (non-hydrogen) atoms. The molecule has 0 heterocycles. The fourth-order valence-electron chi connectivity index (χ4n) is 2.36. The van der Waals surface area contributed by atoms with Crippen molar-refractivity contribution in [1.29, 1.82) is 0 Å². The first kappa shape index (κ1) is 25.7. The molecule has 0 rings (SSSR count). The van der Waals surface area contributed by atoms with Crippen LogP contribution in [0.1, 0.15) is 26.7 Å². The van der Waals surface area contributed by atoms with E-state index in [2.05, 4.69) is 45.9 Å². The second kappa shape index (κ2) is 10.3. The summed E-state index contributed by atoms with van der Waals surface area (Å²) in [4.78, 5) is 12.5. The number of rotatable bonds is 12. The van der Waals surface area contributed by atoms with Gasteiger partial charge < -0.3 is 23.2 Å². The Morgan fingerprint density at radius 2 is 1.62 bits per heavy atom. The van der Waals surface area contributed by atoms with Crippen LogP contribution in [-0.2, 0) is 17.8 Å². The fourth-order valence-corrected chi connectivity index (χ4v) is 11.1. The molecule has 2 unspecified atom stereocenters. The Morgan fingerprint density at radius 3 is 1.96 bits per heavy atom. The second-order valence-electron chi connectivity index (χ2n) is 8.86. The van der Waals surface area contributed by atoms with E-state index in [4.69, 9.17) is 13.0 Å². The summed E-state index contributed by atoms with van der Waals surface area (Å²) in [5.74, 6) is -0.490. The van der Waals surface area contributed by atoms with Gasteiger partial charge in [0.1, 0.15) is 0 Å². The van der Waals surface area contributed by atoms with Crippen LogP contribution in [0.5, 0.6) is 0 Å². The van der Waals surface area contributed by atoms with Gasteiger partial charge in [0.2, 0.25) is 0 Å². The number of esters is 1. The van der Waals surface area contributed by atoms with Crippen molar-refractivity contribution in [3.63, 3.8) is 0 Å². The molecule has 0 amide bonds. The van der Waals surface area contributed by atoms with E-state index < -0.39 is 49.6 Å². The zero-order valence-corrected chi connectivity index (χ0v) is 20.9. The molecule has 0 aromatic heterocycles. The molecule has 0 saturated heterocycles. The van der Waals surface area contributed by atoms with Crippen molar-refractivity contribution in [2.45, 2.75) is 77.1 Å². The van der Waals surface area contributed by atoms with Crippen LogP contribution in [-0.4, -0.2) is 61.4 Å². The lowest BCUT2D eigenvalue weighted by Crippen LogP contribution is -2.51. The van der Waals surface area contributed by atoms with E-state index >= 15 is 0 Å². The van der Waals surface area contributed by atoms with Crippen LogP contribution in [0.15, 0.2) is 12.2 Å². The number of hydrogen-bond acceptors (Lipinski definition) is 6. The minimum absolute atomic E-state index is 0.148. The molecular formula is C17H38O6Si3. The average Bonchev–Trinajstić information content (AvgIpc) is 2.47. The molecule has 0 aromatic rings. The standard InChI is InChI=1S/C17H38O6Si3/c1-10-11-21-16(20)14(2)17(3,12-15(19)13-18)24(22-25(4,5)6)23-26(7,8)9/h15,18-19,24H,2,10-13H2,1,3-9H3. The van der Waals surface area contributed by atoms with Gasteiger partial charge in [0, 0.05) is 10.6 Å². The number of hydrogen-bond donors (Lipinski definition) is 2. The molecular weight excluding hydrogens is 384 g/mol. The number of ether oxygens (including phenoxy) is 1. The van der Waals surface area contributed by atoms with Crippen LogP contribution in [0.25, 0.3) is 0 Å². The van der Waals surface area contributed by atoms with E-state index in [0.717, 1.165) is 0 Å². The smallest absolute Gasteiger partial charge is 0.333 e. The van der Waals surface area contributed by atoms with Crippen molar-refractivity contribution in [2.24, 2.45) is 0 Å². The molecule has 9 heteroatoms. The number of aliphatic hydroxyl groups excluding tert-OH is 2. The predicted octanol–water partition coefficient (Wildman–Crippen LogP) is 2.92. The van der Waals surface area contributed by atoms with Crippen molar-refractivity contribution in [2.75, 3.05) is 13.2 Å². The Bertz CT molecular complexity index is 456. The minimum Gasteiger partial charge on any atom is -0.462 e. The van der Waals surface area contributed by atoms with Crippen molar-refractivity contribution in [1.82, 2.24) is 0 Å². The fraction of sp³-hybridized carbons (Fsp3) is 0.824. The lowest BCUT2D eigenvalue weighted by Gasteiger charge is -2.42. The Morgan fingerprint density at radius 1 is 1.15 bits per heavy atom. The maximum Gasteiger partial charge on any atom is 0.333 e. The molecule has 2 atom stereocenters. The van der Waals surface area contributed by atoms with E-state index in [1.165, 1.54) is 0 Å². The predicted molar refractivity (Wildman–Crippen MR) is 112 cm³/mol. The van der Waals surface area contributed by atoms with Crippen molar-refractivity contribution in [3.05, 3.63) is 12.2 Å². The van der Waals surface area contributed by atoms with E-state index in [0.29, 0.717) is 13.0 Å². The molecule has 0 aromatic carbocycles. The molecule has 0 spiro atoms.